The average Bonchev–Trinajstić information content (AvgIpc) is 3.48. The number of morpholine rings is 1. The van der Waals surface area contributed by atoms with E-state index in [0.717, 1.165) is 41.2 Å². The zero-order valence-corrected chi connectivity index (χ0v) is 20.8. The largest absolute Gasteiger partial charge is 0.378 e. The zero-order valence-electron chi connectivity index (χ0n) is 19.9. The van der Waals surface area contributed by atoms with Crippen molar-refractivity contribution < 1.29 is 14.3 Å². The Hall–Kier alpha value is -3.18. The number of rotatable bonds is 7. The van der Waals surface area contributed by atoms with Crippen LogP contribution in [-0.4, -0.2) is 77.2 Å². The van der Waals surface area contributed by atoms with Gasteiger partial charge in [-0.05, 0) is 25.3 Å². The Balaban J connectivity index is 1.23. The topological polar surface area (TPSA) is 105 Å². The first kappa shape index (κ1) is 23.6. The minimum absolute atomic E-state index is 0.0241. The quantitative estimate of drug-likeness (QED) is 0.391. The fourth-order valence-electron chi connectivity index (χ4n) is 4.48. The number of nitrogens with one attached hydrogen (secondary N) is 1. The summed E-state index contributed by atoms with van der Waals surface area (Å²) in [5.74, 6) is 0.372. The van der Waals surface area contributed by atoms with E-state index >= 15 is 0 Å². The molecule has 1 aromatic carbocycles. The Morgan fingerprint density at radius 2 is 1.97 bits per heavy atom. The highest BCUT2D eigenvalue weighted by Crippen LogP contribution is 2.28. The molecule has 0 saturated carbocycles. The molecule has 5 rings (SSSR count). The van der Waals surface area contributed by atoms with Crippen molar-refractivity contribution >= 4 is 46.1 Å². The van der Waals surface area contributed by atoms with Crippen molar-refractivity contribution in [3.05, 3.63) is 36.0 Å². The van der Waals surface area contributed by atoms with E-state index in [1.165, 1.54) is 11.8 Å². The van der Waals surface area contributed by atoms with Gasteiger partial charge in [-0.1, -0.05) is 29.5 Å². The third-order valence-electron chi connectivity index (χ3n) is 6.41. The number of aryl methyl sites for hydroxylation is 1. The van der Waals surface area contributed by atoms with E-state index in [9.17, 15) is 9.59 Å². The van der Waals surface area contributed by atoms with Gasteiger partial charge in [-0.2, -0.15) is 5.10 Å². The highest BCUT2D eigenvalue weighted by molar-refractivity contribution is 7.98. The molecule has 0 radical (unpaired) electrons. The molecular formula is C24H29N7O3S. The number of ether oxygens (including phenoxy) is 1. The summed E-state index contributed by atoms with van der Waals surface area (Å²) >= 11 is 1.49. The lowest BCUT2D eigenvalue weighted by molar-refractivity contribution is -0.126. The van der Waals surface area contributed by atoms with Crippen LogP contribution in [0.25, 0.3) is 11.0 Å². The highest BCUT2D eigenvalue weighted by atomic mass is 32.2. The molecule has 184 valence electrons. The summed E-state index contributed by atoms with van der Waals surface area (Å²) in [5.41, 5.74) is 2.72. The van der Waals surface area contributed by atoms with Gasteiger partial charge < -0.3 is 19.9 Å². The first-order valence-electron chi connectivity index (χ1n) is 11.8. The van der Waals surface area contributed by atoms with Crippen LogP contribution >= 0.6 is 11.8 Å². The van der Waals surface area contributed by atoms with Crippen LogP contribution in [0.2, 0.25) is 0 Å². The number of amides is 2. The smallest absolute Gasteiger partial charge is 0.227 e. The maximum absolute atomic E-state index is 12.8. The van der Waals surface area contributed by atoms with Crippen LogP contribution in [0.4, 0.5) is 11.5 Å². The van der Waals surface area contributed by atoms with Crippen LogP contribution in [0, 0.1) is 12.8 Å². The van der Waals surface area contributed by atoms with Gasteiger partial charge in [0, 0.05) is 38.3 Å². The summed E-state index contributed by atoms with van der Waals surface area (Å²) in [6.45, 7) is 6.18. The van der Waals surface area contributed by atoms with Gasteiger partial charge in [0.15, 0.2) is 10.8 Å². The Bertz CT molecular complexity index is 1220. The normalized spacial score (nSPS) is 18.5. The van der Waals surface area contributed by atoms with Crippen LogP contribution in [0.3, 0.4) is 0 Å². The average molecular weight is 496 g/mol. The maximum Gasteiger partial charge on any atom is 0.227 e. The van der Waals surface area contributed by atoms with E-state index in [0.29, 0.717) is 38.0 Å². The number of anilines is 2. The third kappa shape index (κ3) is 4.96. The minimum atomic E-state index is -0.364. The van der Waals surface area contributed by atoms with Crippen molar-refractivity contribution in [1.82, 2.24) is 25.1 Å². The number of aromatic nitrogens is 4. The van der Waals surface area contributed by atoms with Gasteiger partial charge in [-0.15, -0.1) is 0 Å². The van der Waals surface area contributed by atoms with Gasteiger partial charge in [0.05, 0.1) is 37.3 Å². The van der Waals surface area contributed by atoms with Gasteiger partial charge in [0.1, 0.15) is 5.82 Å². The predicted molar refractivity (Wildman–Crippen MR) is 135 cm³/mol. The maximum atomic E-state index is 12.8. The molecule has 0 spiro atoms. The van der Waals surface area contributed by atoms with E-state index < -0.39 is 0 Å². The van der Waals surface area contributed by atoms with Crippen molar-refractivity contribution in [3.63, 3.8) is 0 Å². The number of benzene rings is 1. The molecule has 2 aliphatic rings. The standard InChI is InChI=1S/C24H29N7O3S/c1-16-3-5-18(6-4-16)30-15-17(13-20(30)32)23(33)25-7-8-31-22-19(14-26-31)21(27-24(28-22)35-2)29-9-11-34-12-10-29/h3-6,14,17H,7-13,15H2,1-2H3,(H,25,33). The second-order valence-electron chi connectivity index (χ2n) is 8.77. The Labute approximate surface area is 208 Å². The molecule has 3 aromatic rings. The number of carbonyl (C=O) groups is 2. The Morgan fingerprint density at radius 1 is 1.20 bits per heavy atom. The fraction of sp³-hybridized carbons (Fsp3) is 0.458. The van der Waals surface area contributed by atoms with E-state index in [-0.39, 0.29) is 24.2 Å². The van der Waals surface area contributed by atoms with E-state index in [1.54, 1.807) is 15.8 Å². The first-order chi connectivity index (χ1) is 17.0. The summed E-state index contributed by atoms with van der Waals surface area (Å²) in [6.07, 6.45) is 3.97. The van der Waals surface area contributed by atoms with E-state index in [2.05, 4.69) is 20.3 Å². The van der Waals surface area contributed by atoms with E-state index in [1.807, 2.05) is 37.4 Å². The second kappa shape index (κ2) is 10.2. The fourth-order valence-corrected chi connectivity index (χ4v) is 4.83. The van der Waals surface area contributed by atoms with Crippen LogP contribution in [0.5, 0.6) is 0 Å². The first-order valence-corrected chi connectivity index (χ1v) is 13.0. The molecule has 4 heterocycles. The predicted octanol–water partition coefficient (Wildman–Crippen LogP) is 1.86. The Morgan fingerprint density at radius 3 is 2.71 bits per heavy atom. The van der Waals surface area contributed by atoms with Crippen molar-refractivity contribution in [2.45, 2.75) is 25.0 Å². The molecule has 11 heteroatoms. The van der Waals surface area contributed by atoms with Gasteiger partial charge in [0.2, 0.25) is 11.8 Å². The van der Waals surface area contributed by atoms with Crippen molar-refractivity contribution in [3.8, 4) is 0 Å². The van der Waals surface area contributed by atoms with Crippen molar-refractivity contribution in [2.24, 2.45) is 5.92 Å². The number of hydrogen-bond acceptors (Lipinski definition) is 8. The lowest BCUT2D eigenvalue weighted by Gasteiger charge is -2.28. The minimum Gasteiger partial charge on any atom is -0.378 e. The number of fused-ring (bicyclic) bond motifs is 1. The molecular weight excluding hydrogens is 466 g/mol. The zero-order chi connectivity index (χ0) is 24.4. The molecule has 2 amide bonds. The molecule has 2 aromatic heterocycles. The second-order valence-corrected chi connectivity index (χ2v) is 9.54. The number of carbonyl (C=O) groups excluding carboxylic acids is 2. The molecule has 1 N–H and O–H groups in total. The third-order valence-corrected chi connectivity index (χ3v) is 6.96. The van der Waals surface area contributed by atoms with Crippen LogP contribution < -0.4 is 15.1 Å². The molecule has 1 atom stereocenters. The summed E-state index contributed by atoms with van der Waals surface area (Å²) in [6, 6.07) is 7.79. The number of hydrogen-bond donors (Lipinski definition) is 1. The van der Waals surface area contributed by atoms with Crippen LogP contribution in [0.15, 0.2) is 35.6 Å². The summed E-state index contributed by atoms with van der Waals surface area (Å²) in [5, 5.41) is 9.09. The SMILES string of the molecule is CSc1nc(N2CCOCC2)c2cnn(CCNC(=O)C3CC(=O)N(c4ccc(C)cc4)C3)c2n1. The van der Waals surface area contributed by atoms with E-state index in [4.69, 9.17) is 9.72 Å². The molecule has 10 nitrogen and oxygen atoms in total. The number of nitrogens with zero attached hydrogens (tertiary/aromatic N) is 6. The summed E-state index contributed by atoms with van der Waals surface area (Å²) in [7, 11) is 0. The van der Waals surface area contributed by atoms with Crippen molar-refractivity contribution in [2.75, 3.05) is 55.4 Å². The lowest BCUT2D eigenvalue weighted by atomic mass is 10.1. The lowest BCUT2D eigenvalue weighted by Crippen LogP contribution is -2.37. The monoisotopic (exact) mass is 495 g/mol. The molecule has 2 fully saturated rings. The molecule has 0 aliphatic carbocycles. The van der Waals surface area contributed by atoms with Gasteiger partial charge in [0.25, 0.3) is 0 Å². The molecule has 35 heavy (non-hydrogen) atoms. The van der Waals surface area contributed by atoms with Gasteiger partial charge in [-0.25, -0.2) is 14.6 Å². The molecule has 0 bridgehead atoms. The Kier molecular flexibility index (Phi) is 6.87. The summed E-state index contributed by atoms with van der Waals surface area (Å²) in [4.78, 5) is 38.6. The molecule has 2 saturated heterocycles. The summed E-state index contributed by atoms with van der Waals surface area (Å²) < 4.78 is 7.29. The number of thioether (sulfide) groups is 1. The van der Waals surface area contributed by atoms with Gasteiger partial charge >= 0.3 is 0 Å². The molecule has 2 aliphatic heterocycles. The highest BCUT2D eigenvalue weighted by Gasteiger charge is 2.35. The molecule has 1 unspecified atom stereocenters. The van der Waals surface area contributed by atoms with Crippen LogP contribution in [-0.2, 0) is 20.9 Å². The van der Waals surface area contributed by atoms with Crippen molar-refractivity contribution in [1.29, 1.82) is 0 Å². The van der Waals surface area contributed by atoms with Crippen LogP contribution in [0.1, 0.15) is 12.0 Å². The van der Waals surface area contributed by atoms with Gasteiger partial charge in [-0.3, -0.25) is 9.59 Å².